The van der Waals surface area contributed by atoms with Crippen LogP contribution in [0.25, 0.3) is 16.5 Å². The summed E-state index contributed by atoms with van der Waals surface area (Å²) in [6.45, 7) is 2.20. The number of aromatic nitrogens is 3. The largest absolute Gasteiger partial charge is 0.391 e. The van der Waals surface area contributed by atoms with Crippen LogP contribution in [0.4, 0.5) is 0 Å². The summed E-state index contributed by atoms with van der Waals surface area (Å²) in [4.78, 5) is 4.87. The fourth-order valence-corrected chi connectivity index (χ4v) is 4.03. The van der Waals surface area contributed by atoms with Crippen molar-refractivity contribution >= 4 is 23.2 Å². The maximum Gasteiger partial charge on any atom is 0.151 e. The minimum Gasteiger partial charge on any atom is -0.391 e. The number of nitrogens with zero attached hydrogens (tertiary/aromatic N) is 3. The maximum absolute atomic E-state index is 10.1. The Labute approximate surface area is 172 Å². The predicted octanol–water partition coefficient (Wildman–Crippen LogP) is 4.14. The third-order valence-corrected chi connectivity index (χ3v) is 5.60. The molecule has 1 aliphatic carbocycles. The topological polar surface area (TPSA) is 77.0 Å². The molecular formula is C22H29ClN4O. The highest BCUT2D eigenvalue weighted by atomic mass is 35.5. The third kappa shape index (κ3) is 4.22. The van der Waals surface area contributed by atoms with Gasteiger partial charge in [0.05, 0.1) is 11.8 Å². The second kappa shape index (κ2) is 9.03. The number of aryl methyl sites for hydroxylation is 1. The smallest absolute Gasteiger partial charge is 0.151 e. The zero-order chi connectivity index (χ0) is 18.8. The van der Waals surface area contributed by atoms with Crippen molar-refractivity contribution in [3.8, 4) is 5.69 Å². The van der Waals surface area contributed by atoms with Gasteiger partial charge in [-0.25, -0.2) is 9.67 Å². The number of halogens is 1. The molecular weight excluding hydrogens is 372 g/mol. The molecule has 1 aliphatic rings. The van der Waals surface area contributed by atoms with Gasteiger partial charge in [0, 0.05) is 18.4 Å². The zero-order valence-corrected chi connectivity index (χ0v) is 17.1. The van der Waals surface area contributed by atoms with Crippen LogP contribution in [0.3, 0.4) is 0 Å². The summed E-state index contributed by atoms with van der Waals surface area (Å²) in [6.07, 6.45) is 5.31. The van der Waals surface area contributed by atoms with Crippen LogP contribution in [-0.2, 0) is 6.42 Å². The van der Waals surface area contributed by atoms with Crippen LogP contribution in [0, 0.1) is 0 Å². The van der Waals surface area contributed by atoms with Crippen molar-refractivity contribution in [1.29, 1.82) is 0 Å². The Hall–Kier alpha value is -1.95. The van der Waals surface area contributed by atoms with Crippen molar-refractivity contribution in [2.24, 2.45) is 5.73 Å². The first kappa shape index (κ1) is 20.8. The first-order valence-corrected chi connectivity index (χ1v) is 10.0. The third-order valence-electron chi connectivity index (χ3n) is 5.60. The highest BCUT2D eigenvalue weighted by Crippen LogP contribution is 2.34. The van der Waals surface area contributed by atoms with Gasteiger partial charge in [0.25, 0.3) is 0 Å². The lowest BCUT2D eigenvalue weighted by molar-refractivity contribution is 0.163. The van der Waals surface area contributed by atoms with Crippen molar-refractivity contribution in [1.82, 2.24) is 14.8 Å². The summed E-state index contributed by atoms with van der Waals surface area (Å²) in [6, 6.07) is 14.5. The second-order valence-corrected chi connectivity index (χ2v) is 7.69. The molecule has 1 heterocycles. The summed E-state index contributed by atoms with van der Waals surface area (Å²) in [5.74, 6) is 1.97. The van der Waals surface area contributed by atoms with Crippen molar-refractivity contribution < 1.29 is 5.11 Å². The van der Waals surface area contributed by atoms with Crippen molar-refractivity contribution in [2.45, 2.75) is 63.5 Å². The number of aliphatic hydroxyl groups excluding tert-OH is 1. The molecule has 0 unspecified atom stereocenters. The van der Waals surface area contributed by atoms with E-state index in [1.807, 2.05) is 4.68 Å². The van der Waals surface area contributed by atoms with E-state index in [0.29, 0.717) is 6.42 Å². The number of hydrogen-bond acceptors (Lipinski definition) is 4. The molecule has 1 aromatic heterocycles. The summed E-state index contributed by atoms with van der Waals surface area (Å²) in [5.41, 5.74) is 7.09. The summed E-state index contributed by atoms with van der Waals surface area (Å²) < 4.78 is 1.98. The van der Waals surface area contributed by atoms with Gasteiger partial charge in [-0.05, 0) is 42.2 Å². The highest BCUT2D eigenvalue weighted by molar-refractivity contribution is 5.85. The molecule has 0 spiro atoms. The quantitative estimate of drug-likeness (QED) is 0.609. The molecule has 1 saturated carbocycles. The van der Waals surface area contributed by atoms with Gasteiger partial charge in [-0.2, -0.15) is 5.10 Å². The molecule has 5 nitrogen and oxygen atoms in total. The van der Waals surface area contributed by atoms with Crippen LogP contribution >= 0.6 is 12.4 Å². The molecule has 28 heavy (non-hydrogen) atoms. The molecule has 6 heteroatoms. The van der Waals surface area contributed by atoms with E-state index in [1.165, 1.54) is 23.6 Å². The van der Waals surface area contributed by atoms with E-state index in [0.717, 1.165) is 36.6 Å². The zero-order valence-electron chi connectivity index (χ0n) is 16.3. The summed E-state index contributed by atoms with van der Waals surface area (Å²) in [5, 5.41) is 17.4. The fourth-order valence-electron chi connectivity index (χ4n) is 4.03. The summed E-state index contributed by atoms with van der Waals surface area (Å²) >= 11 is 0. The highest BCUT2D eigenvalue weighted by Gasteiger charge is 2.34. The van der Waals surface area contributed by atoms with Gasteiger partial charge in [-0.1, -0.05) is 50.1 Å². The van der Waals surface area contributed by atoms with Crippen molar-refractivity contribution in [3.05, 3.63) is 54.1 Å². The average molecular weight is 401 g/mol. The van der Waals surface area contributed by atoms with E-state index in [9.17, 15) is 5.11 Å². The predicted molar refractivity (Wildman–Crippen MR) is 115 cm³/mol. The van der Waals surface area contributed by atoms with E-state index in [-0.39, 0.29) is 24.4 Å². The molecule has 4 rings (SSSR count). The van der Waals surface area contributed by atoms with Gasteiger partial charge >= 0.3 is 0 Å². The van der Waals surface area contributed by atoms with E-state index in [2.05, 4.69) is 49.4 Å². The number of benzene rings is 2. The first-order chi connectivity index (χ1) is 13.2. The minimum absolute atomic E-state index is 0. The molecule has 0 radical (unpaired) electrons. The van der Waals surface area contributed by atoms with Crippen molar-refractivity contribution in [2.75, 3.05) is 0 Å². The monoisotopic (exact) mass is 400 g/mol. The van der Waals surface area contributed by atoms with Crippen LogP contribution in [0.2, 0.25) is 0 Å². The second-order valence-electron chi connectivity index (χ2n) is 7.69. The molecule has 3 atom stereocenters. The number of nitrogens with two attached hydrogens (primary N) is 1. The molecule has 0 bridgehead atoms. The Balaban J connectivity index is 0.00000225. The first-order valence-electron chi connectivity index (χ1n) is 10.0. The molecule has 0 aliphatic heterocycles. The van der Waals surface area contributed by atoms with Crippen molar-refractivity contribution in [3.63, 3.8) is 0 Å². The minimum atomic E-state index is -0.458. The molecule has 3 aromatic rings. The van der Waals surface area contributed by atoms with Gasteiger partial charge < -0.3 is 10.8 Å². The fraction of sp³-hybridized carbons (Fsp3) is 0.455. The van der Waals surface area contributed by atoms with E-state index in [4.69, 9.17) is 15.8 Å². The lowest BCUT2D eigenvalue weighted by Crippen LogP contribution is -2.28. The Kier molecular flexibility index (Phi) is 6.70. The number of rotatable bonds is 6. The lowest BCUT2D eigenvalue weighted by atomic mass is 10.1. The van der Waals surface area contributed by atoms with Crippen LogP contribution in [0.1, 0.15) is 56.6 Å². The maximum atomic E-state index is 10.1. The van der Waals surface area contributed by atoms with E-state index >= 15 is 0 Å². The SMILES string of the molecule is CCCCCc1nc([C@H]2C[C@@H](N)[C@H](O)C2)n(-c2ccc3ccccc3c2)n1.Cl. The normalized spacial score (nSPS) is 21.8. The molecule has 1 fully saturated rings. The molecule has 150 valence electrons. The number of hydrogen-bond donors (Lipinski definition) is 2. The number of aliphatic hydroxyl groups is 1. The molecule has 0 amide bonds. The average Bonchev–Trinajstić information content (AvgIpc) is 3.25. The van der Waals surface area contributed by atoms with E-state index < -0.39 is 6.10 Å². The van der Waals surface area contributed by atoms with E-state index in [1.54, 1.807) is 0 Å². The van der Waals surface area contributed by atoms with Gasteiger partial charge in [0.2, 0.25) is 0 Å². The Morgan fingerprint density at radius 2 is 1.89 bits per heavy atom. The molecule has 3 N–H and O–H groups in total. The van der Waals surface area contributed by atoms with Crippen LogP contribution < -0.4 is 5.73 Å². The Morgan fingerprint density at radius 1 is 1.11 bits per heavy atom. The van der Waals surface area contributed by atoms with Crippen LogP contribution in [0.5, 0.6) is 0 Å². The number of fused-ring (bicyclic) bond motifs is 1. The van der Waals surface area contributed by atoms with Gasteiger partial charge in [0.15, 0.2) is 5.82 Å². The lowest BCUT2D eigenvalue weighted by Gasteiger charge is -2.12. The molecule has 0 saturated heterocycles. The van der Waals surface area contributed by atoms with Crippen LogP contribution in [0.15, 0.2) is 42.5 Å². The Morgan fingerprint density at radius 3 is 2.61 bits per heavy atom. The van der Waals surface area contributed by atoms with Gasteiger partial charge in [-0.15, -0.1) is 12.4 Å². The number of unbranched alkanes of at least 4 members (excludes halogenated alkanes) is 2. The standard InChI is InChI=1S/C22H28N4O.ClH/c1-2-3-4-9-21-24-22(17-13-19(23)20(27)14-17)26(25-21)18-11-10-15-7-5-6-8-16(15)12-18;/h5-8,10-12,17,19-20,27H,2-4,9,13-14,23H2,1H3;1H/t17-,19+,20+;/m0./s1. The van der Waals surface area contributed by atoms with Crippen LogP contribution in [-0.4, -0.2) is 32.0 Å². The van der Waals surface area contributed by atoms with Gasteiger partial charge in [-0.3, -0.25) is 0 Å². The molecule has 2 aromatic carbocycles. The Bertz CT molecular complexity index is 916. The van der Waals surface area contributed by atoms with Gasteiger partial charge in [0.1, 0.15) is 5.82 Å². The summed E-state index contributed by atoms with van der Waals surface area (Å²) in [7, 11) is 0.